The van der Waals surface area contributed by atoms with Crippen LogP contribution >= 0.6 is 15.9 Å². The molecule has 0 saturated heterocycles. The summed E-state index contributed by atoms with van der Waals surface area (Å²) in [6.45, 7) is 4.21. The van der Waals surface area contributed by atoms with Crippen LogP contribution in [0.15, 0.2) is 58.6 Å². The highest BCUT2D eigenvalue weighted by atomic mass is 79.9. The van der Waals surface area contributed by atoms with Gasteiger partial charge in [-0.2, -0.15) is 5.26 Å². The highest BCUT2D eigenvalue weighted by Crippen LogP contribution is 2.46. The Morgan fingerprint density at radius 1 is 1.15 bits per heavy atom. The molecule has 0 fully saturated rings. The predicted octanol–water partition coefficient (Wildman–Crippen LogP) is 5.87. The zero-order chi connectivity index (χ0) is 19.4. The number of allylic oxidation sites excluding steroid dienone is 1. The van der Waals surface area contributed by atoms with Gasteiger partial charge in [0.15, 0.2) is 0 Å². The van der Waals surface area contributed by atoms with Crippen LogP contribution in [0.25, 0.3) is 5.70 Å². The predicted molar refractivity (Wildman–Crippen MR) is 112 cm³/mol. The van der Waals surface area contributed by atoms with Gasteiger partial charge in [0.05, 0.1) is 17.3 Å². The molecule has 0 spiro atoms. The second-order valence-electron chi connectivity index (χ2n) is 6.77. The molecule has 2 aromatic rings. The molecule has 27 heavy (non-hydrogen) atoms. The number of anilines is 1. The summed E-state index contributed by atoms with van der Waals surface area (Å²) in [5.74, 6) is 0. The molecule has 1 aliphatic carbocycles. The van der Waals surface area contributed by atoms with E-state index in [1.165, 1.54) is 0 Å². The Balaban J connectivity index is 2.00. The maximum absolute atomic E-state index is 12.7. The number of hydrogen-bond donors (Lipinski definition) is 2. The summed E-state index contributed by atoms with van der Waals surface area (Å²) in [4.78, 5) is 12.7. The summed E-state index contributed by atoms with van der Waals surface area (Å²) in [6.07, 6.45) is 2.51. The molecule has 2 aromatic carbocycles. The van der Waals surface area contributed by atoms with Crippen LogP contribution in [0.1, 0.15) is 37.8 Å². The number of hydrogen-bond acceptors (Lipinski definition) is 2. The van der Waals surface area contributed by atoms with Crippen LogP contribution in [0.5, 0.6) is 0 Å². The molecule has 4 nitrogen and oxygen atoms in total. The van der Waals surface area contributed by atoms with Crippen LogP contribution in [-0.2, 0) is 6.42 Å². The van der Waals surface area contributed by atoms with Gasteiger partial charge >= 0.3 is 6.03 Å². The topological polar surface area (TPSA) is 64.9 Å². The number of urea groups is 1. The van der Waals surface area contributed by atoms with Gasteiger partial charge in [-0.05, 0) is 43.0 Å². The molecule has 0 atom stereocenters. The van der Waals surface area contributed by atoms with Crippen molar-refractivity contribution >= 4 is 33.3 Å². The number of carbonyl (C=O) groups excluding carboxylic acids is 1. The maximum Gasteiger partial charge on any atom is 0.323 e. The minimum atomic E-state index is -0.353. The van der Waals surface area contributed by atoms with Crippen molar-refractivity contribution in [3.05, 3.63) is 69.7 Å². The molecule has 2 N–H and O–H groups in total. The first-order valence-corrected chi connectivity index (χ1v) is 9.89. The summed E-state index contributed by atoms with van der Waals surface area (Å²) in [6, 6.07) is 17.4. The van der Waals surface area contributed by atoms with Crippen molar-refractivity contribution in [2.75, 3.05) is 5.32 Å². The van der Waals surface area contributed by atoms with E-state index >= 15 is 0 Å². The van der Waals surface area contributed by atoms with Crippen molar-refractivity contribution in [3.63, 3.8) is 0 Å². The zero-order valence-corrected chi connectivity index (χ0v) is 17.1. The number of nitriles is 1. The van der Waals surface area contributed by atoms with E-state index in [9.17, 15) is 10.1 Å². The third-order valence-electron chi connectivity index (χ3n) is 5.38. The van der Waals surface area contributed by atoms with Gasteiger partial charge < -0.3 is 10.6 Å². The molecule has 0 aromatic heterocycles. The molecule has 5 heteroatoms. The summed E-state index contributed by atoms with van der Waals surface area (Å²) >= 11 is 3.40. The molecule has 1 aliphatic rings. The van der Waals surface area contributed by atoms with E-state index in [4.69, 9.17) is 0 Å². The molecule has 2 amide bonds. The Kier molecular flexibility index (Phi) is 5.67. The first-order valence-electron chi connectivity index (χ1n) is 9.09. The standard InChI is InChI=1S/C22H22BrN3O/c1-3-22(4-2)13-15-8-5-6-11-18(15)20(19(22)14-24)26-21(27)25-17-10-7-9-16(23)12-17/h5-12H,3-4,13H2,1-2H3,(H2,25,26,27). The van der Waals surface area contributed by atoms with E-state index in [2.05, 4.69) is 52.5 Å². The van der Waals surface area contributed by atoms with Crippen LogP contribution in [0.4, 0.5) is 10.5 Å². The number of nitrogens with zero attached hydrogens (tertiary/aromatic N) is 1. The highest BCUT2D eigenvalue weighted by Gasteiger charge is 2.39. The lowest BCUT2D eigenvalue weighted by atomic mass is 9.66. The summed E-state index contributed by atoms with van der Waals surface area (Å²) in [7, 11) is 0. The third-order valence-corrected chi connectivity index (χ3v) is 5.88. The average molecular weight is 424 g/mol. The van der Waals surface area contributed by atoms with Gasteiger partial charge in [0.25, 0.3) is 0 Å². The quantitative estimate of drug-likeness (QED) is 0.645. The fourth-order valence-electron chi connectivity index (χ4n) is 3.77. The lowest BCUT2D eigenvalue weighted by molar-refractivity contribution is 0.255. The SMILES string of the molecule is CCC1(CC)Cc2ccccc2C(NC(=O)Nc2cccc(Br)c2)=C1C#N. The van der Waals surface area contributed by atoms with Crippen molar-refractivity contribution in [1.82, 2.24) is 5.32 Å². The number of nitrogens with one attached hydrogen (secondary N) is 2. The average Bonchev–Trinajstić information content (AvgIpc) is 2.67. The van der Waals surface area contributed by atoms with Crippen LogP contribution in [0.3, 0.4) is 0 Å². The molecular weight excluding hydrogens is 402 g/mol. The Labute approximate surface area is 168 Å². The van der Waals surface area contributed by atoms with Crippen molar-refractivity contribution < 1.29 is 4.79 Å². The Bertz CT molecular complexity index is 939. The van der Waals surface area contributed by atoms with Gasteiger partial charge in [-0.15, -0.1) is 0 Å². The van der Waals surface area contributed by atoms with E-state index in [1.54, 1.807) is 0 Å². The van der Waals surface area contributed by atoms with Crippen molar-refractivity contribution in [1.29, 1.82) is 5.26 Å². The first kappa shape index (κ1) is 19.2. The lowest BCUT2D eigenvalue weighted by Gasteiger charge is -2.38. The van der Waals surface area contributed by atoms with Gasteiger partial charge in [-0.25, -0.2) is 4.79 Å². The Hall–Kier alpha value is -2.58. The first-order chi connectivity index (χ1) is 13.0. The van der Waals surface area contributed by atoms with E-state index in [0.29, 0.717) is 17.0 Å². The zero-order valence-electron chi connectivity index (χ0n) is 15.5. The number of halogens is 1. The molecule has 0 bridgehead atoms. The minimum Gasteiger partial charge on any atom is -0.308 e. The molecule has 0 aliphatic heterocycles. The summed E-state index contributed by atoms with van der Waals surface area (Å²) < 4.78 is 0.885. The van der Waals surface area contributed by atoms with Crippen molar-refractivity contribution in [2.45, 2.75) is 33.1 Å². The van der Waals surface area contributed by atoms with Crippen LogP contribution in [0.2, 0.25) is 0 Å². The number of benzene rings is 2. The smallest absolute Gasteiger partial charge is 0.308 e. The molecule has 0 unspecified atom stereocenters. The van der Waals surface area contributed by atoms with Crippen molar-refractivity contribution in [3.8, 4) is 6.07 Å². The lowest BCUT2D eigenvalue weighted by Crippen LogP contribution is -2.36. The second kappa shape index (κ2) is 7.98. The fraction of sp³-hybridized carbons (Fsp3) is 0.273. The fourth-order valence-corrected chi connectivity index (χ4v) is 4.17. The van der Waals surface area contributed by atoms with E-state index in [0.717, 1.165) is 34.9 Å². The monoisotopic (exact) mass is 423 g/mol. The summed E-state index contributed by atoms with van der Waals surface area (Å²) in [5, 5.41) is 15.7. The van der Waals surface area contributed by atoms with Crippen molar-refractivity contribution in [2.24, 2.45) is 5.41 Å². The van der Waals surface area contributed by atoms with Gasteiger partial charge in [-0.1, -0.05) is 60.1 Å². The Morgan fingerprint density at radius 2 is 1.89 bits per heavy atom. The minimum absolute atomic E-state index is 0.249. The Morgan fingerprint density at radius 3 is 2.56 bits per heavy atom. The van der Waals surface area contributed by atoms with Crippen LogP contribution < -0.4 is 10.6 Å². The molecule has 0 heterocycles. The van der Waals surface area contributed by atoms with Gasteiger partial charge in [0.2, 0.25) is 0 Å². The highest BCUT2D eigenvalue weighted by molar-refractivity contribution is 9.10. The molecule has 138 valence electrons. The van der Waals surface area contributed by atoms with E-state index < -0.39 is 0 Å². The van der Waals surface area contributed by atoms with Gasteiger partial charge in [0.1, 0.15) is 0 Å². The molecule has 3 rings (SSSR count). The number of fused-ring (bicyclic) bond motifs is 1. The maximum atomic E-state index is 12.7. The third kappa shape index (κ3) is 3.77. The molecule has 0 saturated carbocycles. The second-order valence-corrected chi connectivity index (χ2v) is 7.69. The largest absolute Gasteiger partial charge is 0.323 e. The number of carbonyl (C=O) groups is 1. The van der Waals surface area contributed by atoms with Crippen LogP contribution in [0, 0.1) is 16.7 Å². The molecular formula is C22H22BrN3O. The normalized spacial score (nSPS) is 14.9. The molecule has 0 radical (unpaired) electrons. The number of rotatable bonds is 4. The van der Waals surface area contributed by atoms with Crippen LogP contribution in [-0.4, -0.2) is 6.03 Å². The van der Waals surface area contributed by atoms with Gasteiger partial charge in [0, 0.05) is 21.1 Å². The van der Waals surface area contributed by atoms with E-state index in [-0.39, 0.29) is 11.4 Å². The summed E-state index contributed by atoms with van der Waals surface area (Å²) in [5.41, 5.74) is 3.81. The van der Waals surface area contributed by atoms with E-state index in [1.807, 2.05) is 42.5 Å². The number of amides is 2. The van der Waals surface area contributed by atoms with Gasteiger partial charge in [-0.3, -0.25) is 0 Å².